The van der Waals surface area contributed by atoms with Gasteiger partial charge in [0.2, 0.25) is 5.88 Å². The molecule has 1 aromatic carbocycles. The second-order valence-corrected chi connectivity index (χ2v) is 6.99. The van der Waals surface area contributed by atoms with Crippen molar-refractivity contribution in [3.05, 3.63) is 53.5 Å². The van der Waals surface area contributed by atoms with Gasteiger partial charge < -0.3 is 14.3 Å². The maximum atomic E-state index is 14.1. The summed E-state index contributed by atoms with van der Waals surface area (Å²) < 4.78 is 32.8. The number of urea groups is 1. The number of aryl methyl sites for hydroxylation is 1. The third kappa shape index (κ3) is 3.80. The van der Waals surface area contributed by atoms with Gasteiger partial charge in [-0.1, -0.05) is 11.2 Å². The molecule has 1 N–H and O–H groups in total. The van der Waals surface area contributed by atoms with Crippen LogP contribution < -0.4 is 10.2 Å². The number of hydrogen-bond acceptors (Lipinski definition) is 6. The Labute approximate surface area is 171 Å². The normalized spacial score (nSPS) is 14.1. The van der Waals surface area contributed by atoms with Gasteiger partial charge in [-0.15, -0.1) is 0 Å². The largest absolute Gasteiger partial charge is 0.353 e. The Morgan fingerprint density at radius 1 is 1.13 bits per heavy atom. The maximum absolute atomic E-state index is 14.1. The molecule has 0 unspecified atom stereocenters. The maximum Gasteiger partial charge on any atom is 0.324 e. The smallest absolute Gasteiger partial charge is 0.324 e. The summed E-state index contributed by atoms with van der Waals surface area (Å²) in [5.74, 6) is -0.936. The number of nitrogens with one attached hydrogen (secondary N) is 1. The summed E-state index contributed by atoms with van der Waals surface area (Å²) in [6.07, 6.45) is 1.32. The molecule has 1 saturated heterocycles. The molecule has 0 radical (unpaired) electrons. The van der Waals surface area contributed by atoms with Crippen molar-refractivity contribution in [1.29, 1.82) is 0 Å². The van der Waals surface area contributed by atoms with E-state index in [4.69, 9.17) is 4.52 Å². The summed E-state index contributed by atoms with van der Waals surface area (Å²) in [7, 11) is 0. The highest BCUT2D eigenvalue weighted by molar-refractivity contribution is 5.88. The van der Waals surface area contributed by atoms with Crippen LogP contribution in [0.25, 0.3) is 11.3 Å². The van der Waals surface area contributed by atoms with Crippen LogP contribution in [0.1, 0.15) is 11.3 Å². The molecule has 30 heavy (non-hydrogen) atoms. The second kappa shape index (κ2) is 8.05. The highest BCUT2D eigenvalue weighted by Gasteiger charge is 2.24. The van der Waals surface area contributed by atoms with Crippen LogP contribution in [0.4, 0.5) is 25.3 Å². The van der Waals surface area contributed by atoms with E-state index in [1.807, 2.05) is 11.8 Å². The van der Waals surface area contributed by atoms with E-state index >= 15 is 0 Å². The Balaban J connectivity index is 1.42. The van der Waals surface area contributed by atoms with Crippen molar-refractivity contribution in [2.24, 2.45) is 0 Å². The Bertz CT molecular complexity index is 1080. The molecule has 0 bridgehead atoms. The van der Waals surface area contributed by atoms with E-state index in [0.717, 1.165) is 17.3 Å². The molecule has 8 nitrogen and oxygen atoms in total. The van der Waals surface area contributed by atoms with Gasteiger partial charge in [-0.3, -0.25) is 5.32 Å². The first kappa shape index (κ1) is 19.7. The monoisotopic (exact) mass is 414 g/mol. The van der Waals surface area contributed by atoms with Gasteiger partial charge in [0.15, 0.2) is 11.6 Å². The molecule has 3 aromatic rings. The van der Waals surface area contributed by atoms with Gasteiger partial charge in [-0.05, 0) is 26.0 Å². The molecular weight excluding hydrogens is 394 g/mol. The Morgan fingerprint density at radius 3 is 2.60 bits per heavy atom. The van der Waals surface area contributed by atoms with Crippen LogP contribution in [-0.4, -0.2) is 52.2 Å². The van der Waals surface area contributed by atoms with Crippen molar-refractivity contribution < 1.29 is 18.1 Å². The minimum atomic E-state index is -0.943. The lowest BCUT2D eigenvalue weighted by Gasteiger charge is -2.35. The van der Waals surface area contributed by atoms with Crippen molar-refractivity contribution in [3.63, 3.8) is 0 Å². The van der Waals surface area contributed by atoms with Crippen LogP contribution in [0.2, 0.25) is 0 Å². The number of aromatic nitrogens is 3. The van der Waals surface area contributed by atoms with E-state index in [0.29, 0.717) is 43.6 Å². The predicted octanol–water partition coefficient (Wildman–Crippen LogP) is 3.38. The third-order valence-electron chi connectivity index (χ3n) is 5.15. The van der Waals surface area contributed by atoms with Gasteiger partial charge in [0.25, 0.3) is 0 Å². The zero-order valence-electron chi connectivity index (χ0n) is 16.5. The molecule has 1 aliphatic rings. The number of amides is 2. The molecule has 0 atom stereocenters. The Morgan fingerprint density at radius 2 is 1.90 bits per heavy atom. The van der Waals surface area contributed by atoms with Crippen molar-refractivity contribution >= 4 is 17.7 Å². The van der Waals surface area contributed by atoms with E-state index in [1.54, 1.807) is 17.9 Å². The number of nitrogens with zero attached hydrogens (tertiary/aromatic N) is 5. The van der Waals surface area contributed by atoms with Gasteiger partial charge in [-0.2, -0.15) is 0 Å². The number of hydrogen-bond donors (Lipinski definition) is 1. The molecule has 2 amide bonds. The van der Waals surface area contributed by atoms with Gasteiger partial charge in [0.05, 0.1) is 11.4 Å². The first-order valence-electron chi connectivity index (χ1n) is 9.44. The SMILES string of the molecule is Cc1noc(NC(=O)N2CCN(c3cc(-c4cccc(F)c4F)ncn3)CC2)c1C. The predicted molar refractivity (Wildman–Crippen MR) is 106 cm³/mol. The van der Waals surface area contributed by atoms with Crippen LogP contribution in [-0.2, 0) is 0 Å². The first-order chi connectivity index (χ1) is 14.4. The molecule has 2 aromatic heterocycles. The van der Waals surface area contributed by atoms with E-state index in [9.17, 15) is 13.6 Å². The second-order valence-electron chi connectivity index (χ2n) is 6.99. The number of carbonyl (C=O) groups excluding carboxylic acids is 1. The average molecular weight is 414 g/mol. The summed E-state index contributed by atoms with van der Waals surface area (Å²) in [5, 5.41) is 6.56. The van der Waals surface area contributed by atoms with E-state index in [2.05, 4.69) is 20.4 Å². The average Bonchev–Trinajstić information content (AvgIpc) is 3.08. The Kier molecular flexibility index (Phi) is 5.30. The van der Waals surface area contributed by atoms with E-state index in [1.165, 1.54) is 18.5 Å². The molecule has 10 heteroatoms. The van der Waals surface area contributed by atoms with Crippen LogP contribution >= 0.6 is 0 Å². The third-order valence-corrected chi connectivity index (χ3v) is 5.15. The van der Waals surface area contributed by atoms with Gasteiger partial charge in [0.1, 0.15) is 12.1 Å². The summed E-state index contributed by atoms with van der Waals surface area (Å²) in [5.41, 5.74) is 1.90. The van der Waals surface area contributed by atoms with Gasteiger partial charge >= 0.3 is 6.03 Å². The Hall–Kier alpha value is -3.56. The fourth-order valence-electron chi connectivity index (χ4n) is 3.22. The fourth-order valence-corrected chi connectivity index (χ4v) is 3.22. The zero-order valence-corrected chi connectivity index (χ0v) is 16.5. The standard InChI is InChI=1S/C20H20F2N6O2/c1-12-13(2)26-30-19(12)25-20(29)28-8-6-27(7-9-28)17-10-16(23-11-24-17)14-4-3-5-15(21)18(14)22/h3-5,10-11H,6-9H2,1-2H3,(H,25,29). The molecule has 0 saturated carbocycles. The summed E-state index contributed by atoms with van der Waals surface area (Å²) in [6.45, 7) is 5.62. The minimum Gasteiger partial charge on any atom is -0.353 e. The van der Waals surface area contributed by atoms with Gasteiger partial charge in [0, 0.05) is 43.4 Å². The molecule has 1 aliphatic heterocycles. The highest BCUT2D eigenvalue weighted by Crippen LogP contribution is 2.25. The molecule has 4 rings (SSSR count). The number of rotatable bonds is 3. The number of anilines is 2. The summed E-state index contributed by atoms with van der Waals surface area (Å²) in [4.78, 5) is 24.4. The number of benzene rings is 1. The van der Waals surface area contributed by atoms with Crippen molar-refractivity contribution in [2.75, 3.05) is 36.4 Å². The molecule has 0 aliphatic carbocycles. The topological polar surface area (TPSA) is 87.4 Å². The lowest BCUT2D eigenvalue weighted by Crippen LogP contribution is -2.50. The molecule has 0 spiro atoms. The summed E-state index contributed by atoms with van der Waals surface area (Å²) in [6, 6.07) is 5.32. The van der Waals surface area contributed by atoms with Crippen molar-refractivity contribution in [1.82, 2.24) is 20.0 Å². The minimum absolute atomic E-state index is 0.0781. The van der Waals surface area contributed by atoms with Gasteiger partial charge in [-0.25, -0.2) is 23.5 Å². The molecule has 156 valence electrons. The van der Waals surface area contributed by atoms with Crippen molar-refractivity contribution in [3.8, 4) is 11.3 Å². The van der Waals surface area contributed by atoms with Crippen LogP contribution in [0.5, 0.6) is 0 Å². The first-order valence-corrected chi connectivity index (χ1v) is 9.44. The molecular formula is C20H20F2N6O2. The molecule has 3 heterocycles. The number of halogens is 2. The number of carbonyl (C=O) groups is 1. The highest BCUT2D eigenvalue weighted by atomic mass is 19.2. The van der Waals surface area contributed by atoms with Crippen LogP contribution in [0.15, 0.2) is 35.1 Å². The molecule has 1 fully saturated rings. The quantitative estimate of drug-likeness (QED) is 0.707. The zero-order chi connectivity index (χ0) is 21.3. The van der Waals surface area contributed by atoms with E-state index in [-0.39, 0.29) is 11.6 Å². The van der Waals surface area contributed by atoms with Crippen molar-refractivity contribution in [2.45, 2.75) is 13.8 Å². The lowest BCUT2D eigenvalue weighted by atomic mass is 10.1. The van der Waals surface area contributed by atoms with Crippen LogP contribution in [0.3, 0.4) is 0 Å². The van der Waals surface area contributed by atoms with Crippen LogP contribution in [0, 0.1) is 25.5 Å². The van der Waals surface area contributed by atoms with E-state index < -0.39 is 11.6 Å². The number of piperazine rings is 1. The summed E-state index contributed by atoms with van der Waals surface area (Å²) >= 11 is 0. The fraction of sp³-hybridized carbons (Fsp3) is 0.300. The lowest BCUT2D eigenvalue weighted by molar-refractivity contribution is 0.207.